The van der Waals surface area contributed by atoms with Crippen LogP contribution in [0.4, 0.5) is 27.6 Å². The van der Waals surface area contributed by atoms with Crippen molar-refractivity contribution in [3.63, 3.8) is 0 Å². The molecule has 2 aromatic rings. The van der Waals surface area contributed by atoms with E-state index in [9.17, 15) is 30.4 Å². The average molecular weight is 446 g/mol. The van der Waals surface area contributed by atoms with Crippen LogP contribution < -0.4 is 4.31 Å². The van der Waals surface area contributed by atoms with Gasteiger partial charge in [0.2, 0.25) is 0 Å². The molecule has 162 valence electrons. The van der Waals surface area contributed by atoms with Crippen molar-refractivity contribution in [2.24, 2.45) is 0 Å². The predicted octanol–water partition coefficient (Wildman–Crippen LogP) is 4.34. The Labute approximate surface area is 171 Å². The summed E-state index contributed by atoms with van der Waals surface area (Å²) >= 11 is 0. The second-order valence-electron chi connectivity index (χ2n) is 7.75. The summed E-state index contributed by atoms with van der Waals surface area (Å²) in [5, 5.41) is 0. The Balaban J connectivity index is 1.68. The van der Waals surface area contributed by atoms with Gasteiger partial charge in [-0.25, -0.2) is 17.2 Å². The summed E-state index contributed by atoms with van der Waals surface area (Å²) in [6, 6.07) is 11.2. The molecular weight excluding hydrogens is 427 g/mol. The van der Waals surface area contributed by atoms with Crippen LogP contribution in [-0.4, -0.2) is 45.7 Å². The van der Waals surface area contributed by atoms with E-state index in [0.29, 0.717) is 17.7 Å². The fraction of sp³-hybridized carbons (Fsp3) is 0.400. The number of benzene rings is 2. The molecule has 2 heterocycles. The predicted molar refractivity (Wildman–Crippen MR) is 101 cm³/mol. The lowest BCUT2D eigenvalue weighted by atomic mass is 9.82. The molecule has 1 unspecified atom stereocenters. The smallest absolute Gasteiger partial charge is 0.294 e. The fourth-order valence-corrected chi connectivity index (χ4v) is 5.98. The van der Waals surface area contributed by atoms with Gasteiger partial charge in [-0.1, -0.05) is 30.3 Å². The van der Waals surface area contributed by atoms with E-state index in [1.54, 1.807) is 24.3 Å². The summed E-state index contributed by atoms with van der Waals surface area (Å²) in [5.74, 6) is 0. The molecule has 2 aromatic carbocycles. The Morgan fingerprint density at radius 3 is 2.30 bits per heavy atom. The molecule has 2 aliphatic rings. The van der Waals surface area contributed by atoms with E-state index in [1.807, 2.05) is 0 Å². The number of hydrogen-bond acceptors (Lipinski definition) is 3. The van der Waals surface area contributed by atoms with Gasteiger partial charge in [-0.3, -0.25) is 9.21 Å². The number of rotatable bonds is 4. The molecule has 0 amide bonds. The fourth-order valence-electron chi connectivity index (χ4n) is 4.41. The molecule has 4 nitrogen and oxygen atoms in total. The summed E-state index contributed by atoms with van der Waals surface area (Å²) in [5.41, 5.74) is 0.0928. The minimum atomic E-state index is -4.33. The van der Waals surface area contributed by atoms with Crippen molar-refractivity contribution in [3.8, 4) is 0 Å². The molecule has 4 rings (SSSR count). The van der Waals surface area contributed by atoms with Crippen molar-refractivity contribution in [1.29, 1.82) is 0 Å². The van der Waals surface area contributed by atoms with Crippen molar-refractivity contribution in [2.45, 2.75) is 29.3 Å². The monoisotopic (exact) mass is 446 g/mol. The van der Waals surface area contributed by atoms with Crippen molar-refractivity contribution in [1.82, 2.24) is 4.90 Å². The van der Waals surface area contributed by atoms with Crippen LogP contribution in [0.3, 0.4) is 0 Å². The molecule has 1 spiro atoms. The number of para-hydroxylation sites is 1. The quantitative estimate of drug-likeness (QED) is 0.657. The summed E-state index contributed by atoms with van der Waals surface area (Å²) in [4.78, 5) is 1.16. The zero-order valence-corrected chi connectivity index (χ0v) is 16.6. The Kier molecular flexibility index (Phi) is 5.05. The number of fused-ring (bicyclic) bond motifs is 2. The molecule has 0 N–H and O–H groups in total. The number of hydrogen-bond donors (Lipinski definition) is 0. The highest BCUT2D eigenvalue weighted by Gasteiger charge is 2.51. The number of anilines is 1. The van der Waals surface area contributed by atoms with E-state index < -0.39 is 34.6 Å². The zero-order valence-electron chi connectivity index (χ0n) is 15.7. The number of alkyl halides is 5. The highest BCUT2D eigenvalue weighted by molar-refractivity contribution is 7.92. The third-order valence-corrected chi connectivity index (χ3v) is 7.52. The lowest BCUT2D eigenvalue weighted by Gasteiger charge is -2.26. The van der Waals surface area contributed by atoms with Gasteiger partial charge >= 0.3 is 6.18 Å². The number of sulfonamides is 1. The first-order valence-corrected chi connectivity index (χ1v) is 10.8. The molecule has 0 radical (unpaired) electrons. The summed E-state index contributed by atoms with van der Waals surface area (Å²) in [6.45, 7) is -0.719. The van der Waals surface area contributed by atoms with Crippen LogP contribution in [0.15, 0.2) is 53.4 Å². The van der Waals surface area contributed by atoms with E-state index in [4.69, 9.17) is 0 Å². The topological polar surface area (TPSA) is 40.6 Å². The van der Waals surface area contributed by atoms with Crippen LogP contribution in [0.2, 0.25) is 0 Å². The molecule has 0 saturated carbocycles. The third-order valence-electron chi connectivity index (χ3n) is 5.75. The van der Waals surface area contributed by atoms with Gasteiger partial charge in [-0.05, 0) is 36.7 Å². The molecule has 30 heavy (non-hydrogen) atoms. The molecule has 1 fully saturated rings. The van der Waals surface area contributed by atoms with Crippen LogP contribution in [0.25, 0.3) is 0 Å². The van der Waals surface area contributed by atoms with Crippen molar-refractivity contribution >= 4 is 15.7 Å². The molecular formula is C20H19F5N2O2S. The van der Waals surface area contributed by atoms with Crippen LogP contribution in [0, 0.1) is 0 Å². The van der Waals surface area contributed by atoms with Crippen LogP contribution >= 0.6 is 0 Å². The Hall–Kier alpha value is -2.20. The van der Waals surface area contributed by atoms with Gasteiger partial charge in [0, 0.05) is 24.1 Å². The minimum absolute atomic E-state index is 0.0135. The van der Waals surface area contributed by atoms with Crippen LogP contribution in [-0.2, 0) is 15.4 Å². The maximum atomic E-state index is 13.3. The standard InChI is InChI=1S/C20H19F5N2O2S/c21-18(22)14-5-7-15(8-6-14)30(28,29)27-12-19(16-3-1-2-4-17(16)27)9-10-26(11-19)13-20(23,24)25/h1-8,18H,9-13H2. The van der Waals surface area contributed by atoms with Gasteiger partial charge < -0.3 is 0 Å². The lowest BCUT2D eigenvalue weighted by Crippen LogP contribution is -2.40. The summed E-state index contributed by atoms with van der Waals surface area (Å²) < 4.78 is 91.9. The first-order chi connectivity index (χ1) is 14.0. The molecule has 10 heteroatoms. The van der Waals surface area contributed by atoms with E-state index in [1.165, 1.54) is 9.21 Å². The number of nitrogens with zero attached hydrogens (tertiary/aromatic N) is 2. The second kappa shape index (κ2) is 7.19. The largest absolute Gasteiger partial charge is 0.401 e. The molecule has 2 aliphatic heterocycles. The summed E-state index contributed by atoms with van der Waals surface area (Å²) in [7, 11) is -4.06. The first-order valence-electron chi connectivity index (χ1n) is 9.31. The van der Waals surface area contributed by atoms with Crippen molar-refractivity contribution in [3.05, 3.63) is 59.7 Å². The van der Waals surface area contributed by atoms with Crippen molar-refractivity contribution < 1.29 is 30.4 Å². The van der Waals surface area contributed by atoms with Gasteiger partial charge in [0.25, 0.3) is 16.4 Å². The normalized spacial score (nSPS) is 22.3. The number of halogens is 5. The second-order valence-corrected chi connectivity index (χ2v) is 9.62. The van der Waals surface area contributed by atoms with Gasteiger partial charge in [-0.2, -0.15) is 13.2 Å². The average Bonchev–Trinajstić information content (AvgIpc) is 3.23. The van der Waals surface area contributed by atoms with Crippen LogP contribution in [0.1, 0.15) is 24.0 Å². The SMILES string of the molecule is O=S(=O)(c1ccc(C(F)F)cc1)N1CC2(CCN(CC(F)(F)F)C2)c2ccccc21. The van der Waals surface area contributed by atoms with E-state index in [-0.39, 0.29) is 30.1 Å². The Morgan fingerprint density at radius 2 is 1.67 bits per heavy atom. The molecule has 0 bridgehead atoms. The van der Waals surface area contributed by atoms with E-state index in [2.05, 4.69) is 0 Å². The molecule has 0 aromatic heterocycles. The molecule has 1 saturated heterocycles. The van der Waals surface area contributed by atoms with Gasteiger partial charge in [0.1, 0.15) is 0 Å². The van der Waals surface area contributed by atoms with Crippen LogP contribution in [0.5, 0.6) is 0 Å². The third kappa shape index (κ3) is 3.66. The van der Waals surface area contributed by atoms with Crippen molar-refractivity contribution in [2.75, 3.05) is 30.5 Å². The highest BCUT2D eigenvalue weighted by Crippen LogP contribution is 2.48. The first kappa shape index (κ1) is 21.0. The highest BCUT2D eigenvalue weighted by atomic mass is 32.2. The molecule has 1 atom stereocenters. The lowest BCUT2D eigenvalue weighted by molar-refractivity contribution is -0.143. The Morgan fingerprint density at radius 1 is 1.00 bits per heavy atom. The van der Waals surface area contributed by atoms with Gasteiger partial charge in [0.05, 0.1) is 17.1 Å². The zero-order chi connectivity index (χ0) is 21.7. The maximum Gasteiger partial charge on any atom is 0.401 e. The van der Waals surface area contributed by atoms with Gasteiger partial charge in [0.15, 0.2) is 0 Å². The minimum Gasteiger partial charge on any atom is -0.294 e. The Bertz CT molecular complexity index is 1040. The van der Waals surface area contributed by atoms with E-state index in [0.717, 1.165) is 24.3 Å². The molecule has 0 aliphatic carbocycles. The van der Waals surface area contributed by atoms with E-state index >= 15 is 0 Å². The maximum absolute atomic E-state index is 13.3. The summed E-state index contributed by atoms with van der Waals surface area (Å²) in [6.07, 6.45) is -6.64. The van der Waals surface area contributed by atoms with Gasteiger partial charge in [-0.15, -0.1) is 0 Å². The number of likely N-dealkylation sites (tertiary alicyclic amines) is 1.